The summed E-state index contributed by atoms with van der Waals surface area (Å²) in [5.74, 6) is -0.411. The lowest BCUT2D eigenvalue weighted by atomic mass is 10.1. The molecule has 1 N–H and O–H groups in total. The number of aryl methyl sites for hydroxylation is 1. The summed E-state index contributed by atoms with van der Waals surface area (Å²) in [7, 11) is 0. The number of hydrogen-bond donors (Lipinski definition) is 1. The van der Waals surface area contributed by atoms with Gasteiger partial charge in [-0.25, -0.2) is 0 Å². The van der Waals surface area contributed by atoms with Crippen molar-refractivity contribution in [1.29, 1.82) is 0 Å². The van der Waals surface area contributed by atoms with Gasteiger partial charge < -0.3 is 9.88 Å². The van der Waals surface area contributed by atoms with Gasteiger partial charge in [-0.1, -0.05) is 42.0 Å². The molecule has 0 aliphatic carbocycles. The number of rotatable bonds is 5. The average Bonchev–Trinajstić information content (AvgIpc) is 2.63. The molecule has 0 saturated heterocycles. The number of carbonyl (C=O) groups excluding carboxylic acids is 2. The van der Waals surface area contributed by atoms with Gasteiger partial charge >= 0.3 is 0 Å². The number of aromatic nitrogens is 1. The maximum atomic E-state index is 12.6. The summed E-state index contributed by atoms with van der Waals surface area (Å²) >= 11 is 0. The van der Waals surface area contributed by atoms with Gasteiger partial charge in [0.05, 0.1) is 12.1 Å². The summed E-state index contributed by atoms with van der Waals surface area (Å²) in [5, 5.41) is 2.77. The van der Waals surface area contributed by atoms with Gasteiger partial charge in [0.1, 0.15) is 0 Å². The van der Waals surface area contributed by atoms with E-state index in [1.807, 2.05) is 31.2 Å². The summed E-state index contributed by atoms with van der Waals surface area (Å²) in [5.41, 5.74) is 3.35. The summed E-state index contributed by atoms with van der Waals surface area (Å²) in [6, 6.07) is 17.5. The van der Waals surface area contributed by atoms with Gasteiger partial charge in [-0.2, -0.15) is 0 Å². The Morgan fingerprint density at radius 3 is 2.48 bits per heavy atom. The number of carbonyl (C=O) groups is 2. The van der Waals surface area contributed by atoms with E-state index in [0.717, 1.165) is 11.1 Å². The summed E-state index contributed by atoms with van der Waals surface area (Å²) in [6.07, 6.45) is 1.55. The quantitative estimate of drug-likeness (QED) is 0.706. The third-order valence-electron chi connectivity index (χ3n) is 4.21. The van der Waals surface area contributed by atoms with Crippen molar-refractivity contribution in [3.05, 3.63) is 99.5 Å². The SMILES string of the molecule is CC(=O)c1cccc(NC(=O)c2ccc(=O)n(Cc3cccc(C)c3)c2)c1. The monoisotopic (exact) mass is 360 g/mol. The number of ketones is 1. The predicted octanol–water partition coefficient (Wildman–Crippen LogP) is 3.66. The van der Waals surface area contributed by atoms with Crippen LogP contribution in [-0.4, -0.2) is 16.3 Å². The van der Waals surface area contributed by atoms with E-state index in [4.69, 9.17) is 0 Å². The molecule has 136 valence electrons. The molecule has 0 spiro atoms. The van der Waals surface area contributed by atoms with Crippen LogP contribution >= 0.6 is 0 Å². The second kappa shape index (κ2) is 7.83. The predicted molar refractivity (Wildman–Crippen MR) is 105 cm³/mol. The van der Waals surface area contributed by atoms with E-state index in [1.165, 1.54) is 23.6 Å². The second-order valence-corrected chi connectivity index (χ2v) is 6.46. The first kappa shape index (κ1) is 18.3. The fourth-order valence-electron chi connectivity index (χ4n) is 2.82. The van der Waals surface area contributed by atoms with Crippen LogP contribution in [0.4, 0.5) is 5.69 Å². The van der Waals surface area contributed by atoms with Crippen LogP contribution in [0.5, 0.6) is 0 Å². The van der Waals surface area contributed by atoms with Crippen LogP contribution in [0.2, 0.25) is 0 Å². The number of anilines is 1. The zero-order valence-electron chi connectivity index (χ0n) is 15.2. The number of pyridine rings is 1. The largest absolute Gasteiger partial charge is 0.322 e. The minimum atomic E-state index is -0.339. The molecule has 1 amide bonds. The molecule has 3 rings (SSSR count). The Balaban J connectivity index is 1.82. The molecular weight excluding hydrogens is 340 g/mol. The Hall–Kier alpha value is -3.47. The Kier molecular flexibility index (Phi) is 5.31. The van der Waals surface area contributed by atoms with Crippen molar-refractivity contribution in [3.8, 4) is 0 Å². The lowest BCUT2D eigenvalue weighted by molar-refractivity contribution is 0.101. The molecule has 1 aromatic heterocycles. The Labute approximate surface area is 157 Å². The lowest BCUT2D eigenvalue weighted by Gasteiger charge is -2.10. The van der Waals surface area contributed by atoms with Crippen LogP contribution in [0.3, 0.4) is 0 Å². The summed E-state index contributed by atoms with van der Waals surface area (Å²) in [6.45, 7) is 3.86. The van der Waals surface area contributed by atoms with Crippen molar-refractivity contribution in [1.82, 2.24) is 4.57 Å². The fraction of sp³-hybridized carbons (Fsp3) is 0.136. The molecule has 0 radical (unpaired) electrons. The van der Waals surface area contributed by atoms with Crippen molar-refractivity contribution >= 4 is 17.4 Å². The van der Waals surface area contributed by atoms with Crippen LogP contribution in [-0.2, 0) is 6.54 Å². The molecule has 1 heterocycles. The normalized spacial score (nSPS) is 10.4. The van der Waals surface area contributed by atoms with E-state index in [2.05, 4.69) is 5.32 Å². The molecule has 0 atom stereocenters. The van der Waals surface area contributed by atoms with Gasteiger partial charge in [-0.05, 0) is 37.6 Å². The molecule has 27 heavy (non-hydrogen) atoms. The highest BCUT2D eigenvalue weighted by atomic mass is 16.2. The summed E-state index contributed by atoms with van der Waals surface area (Å²) < 4.78 is 1.51. The van der Waals surface area contributed by atoms with Gasteiger partial charge in [-0.3, -0.25) is 14.4 Å². The van der Waals surface area contributed by atoms with Crippen molar-refractivity contribution in [2.75, 3.05) is 5.32 Å². The van der Waals surface area contributed by atoms with Gasteiger partial charge in [0, 0.05) is 23.5 Å². The molecule has 0 aliphatic heterocycles. The lowest BCUT2D eigenvalue weighted by Crippen LogP contribution is -2.22. The van der Waals surface area contributed by atoms with E-state index >= 15 is 0 Å². The van der Waals surface area contributed by atoms with Crippen molar-refractivity contribution in [3.63, 3.8) is 0 Å². The molecule has 5 nitrogen and oxygen atoms in total. The van der Waals surface area contributed by atoms with Gasteiger partial charge in [0.15, 0.2) is 5.78 Å². The molecular formula is C22H20N2O3. The third-order valence-corrected chi connectivity index (χ3v) is 4.21. The molecule has 0 saturated carbocycles. The highest BCUT2D eigenvalue weighted by molar-refractivity contribution is 6.04. The molecule has 0 fully saturated rings. The highest BCUT2D eigenvalue weighted by Gasteiger charge is 2.10. The Morgan fingerprint density at radius 1 is 0.963 bits per heavy atom. The number of hydrogen-bond acceptors (Lipinski definition) is 3. The van der Waals surface area contributed by atoms with E-state index in [-0.39, 0.29) is 17.2 Å². The smallest absolute Gasteiger partial charge is 0.257 e. The van der Waals surface area contributed by atoms with Crippen LogP contribution < -0.4 is 10.9 Å². The van der Waals surface area contributed by atoms with Gasteiger partial charge in [0.2, 0.25) is 0 Å². The fourth-order valence-corrected chi connectivity index (χ4v) is 2.82. The van der Waals surface area contributed by atoms with E-state index < -0.39 is 0 Å². The first-order valence-electron chi connectivity index (χ1n) is 8.61. The van der Waals surface area contributed by atoms with Crippen molar-refractivity contribution < 1.29 is 9.59 Å². The first-order chi connectivity index (χ1) is 12.9. The number of nitrogens with one attached hydrogen (secondary N) is 1. The van der Waals surface area contributed by atoms with E-state index in [9.17, 15) is 14.4 Å². The molecule has 5 heteroatoms. The molecule has 0 bridgehead atoms. The minimum Gasteiger partial charge on any atom is -0.322 e. The van der Waals surface area contributed by atoms with Crippen LogP contribution in [0.25, 0.3) is 0 Å². The number of benzene rings is 2. The molecule has 0 unspecified atom stereocenters. The third kappa shape index (κ3) is 4.58. The van der Waals surface area contributed by atoms with Crippen LogP contribution in [0, 0.1) is 6.92 Å². The summed E-state index contributed by atoms with van der Waals surface area (Å²) in [4.78, 5) is 36.2. The average molecular weight is 360 g/mol. The second-order valence-electron chi connectivity index (χ2n) is 6.46. The van der Waals surface area contributed by atoms with Crippen LogP contribution in [0.15, 0.2) is 71.7 Å². The number of Topliss-reactive ketones (excluding diaryl/α,β-unsaturated/α-hetero) is 1. The Morgan fingerprint density at radius 2 is 1.74 bits per heavy atom. The maximum absolute atomic E-state index is 12.6. The molecule has 0 aliphatic rings. The topological polar surface area (TPSA) is 68.2 Å². The van der Waals surface area contributed by atoms with Gasteiger partial charge in [0.25, 0.3) is 11.5 Å². The van der Waals surface area contributed by atoms with E-state index in [1.54, 1.807) is 30.5 Å². The molecule has 3 aromatic rings. The maximum Gasteiger partial charge on any atom is 0.257 e. The van der Waals surface area contributed by atoms with Crippen molar-refractivity contribution in [2.24, 2.45) is 0 Å². The zero-order chi connectivity index (χ0) is 19.4. The number of amides is 1. The standard InChI is InChI=1S/C22H20N2O3/c1-15-5-3-6-17(11-15)13-24-14-19(9-10-21(24)26)22(27)23-20-8-4-7-18(12-20)16(2)25/h3-12,14H,13H2,1-2H3,(H,23,27). The minimum absolute atomic E-state index is 0.0715. The van der Waals surface area contributed by atoms with Crippen molar-refractivity contribution in [2.45, 2.75) is 20.4 Å². The number of nitrogens with zero attached hydrogens (tertiary/aromatic N) is 1. The Bertz CT molecular complexity index is 1070. The molecule has 2 aromatic carbocycles. The first-order valence-corrected chi connectivity index (χ1v) is 8.61. The highest BCUT2D eigenvalue weighted by Crippen LogP contribution is 2.13. The van der Waals surface area contributed by atoms with Gasteiger partial charge in [-0.15, -0.1) is 0 Å². The van der Waals surface area contributed by atoms with E-state index in [0.29, 0.717) is 23.4 Å². The zero-order valence-corrected chi connectivity index (χ0v) is 15.2. The van der Waals surface area contributed by atoms with Crippen LogP contribution in [0.1, 0.15) is 38.8 Å².